The number of benzene rings is 2. The zero-order valence-corrected chi connectivity index (χ0v) is 17.1. The molecule has 0 amide bonds. The summed E-state index contributed by atoms with van der Waals surface area (Å²) in [5.74, 6) is 0.497. The van der Waals surface area contributed by atoms with E-state index in [2.05, 4.69) is 30.9 Å². The highest BCUT2D eigenvalue weighted by molar-refractivity contribution is 5.91. The smallest absolute Gasteiger partial charge is 0.369 e. The van der Waals surface area contributed by atoms with Crippen LogP contribution in [-0.4, -0.2) is 41.6 Å². The SMILES string of the molecule is C[C@@H](Nc1nnnc2ccc(N3CCNCC3)cc12)c1cccc(C(F)(F)F)c1.Cl. The Morgan fingerprint density at radius 2 is 1.83 bits per heavy atom. The fourth-order valence-electron chi connectivity index (χ4n) is 3.47. The molecule has 1 fully saturated rings. The van der Waals surface area contributed by atoms with E-state index in [1.807, 2.05) is 18.2 Å². The number of hydrogen-bond acceptors (Lipinski definition) is 6. The summed E-state index contributed by atoms with van der Waals surface area (Å²) in [6.45, 7) is 5.44. The first kappa shape index (κ1) is 22.0. The van der Waals surface area contributed by atoms with Crippen molar-refractivity contribution in [2.75, 3.05) is 36.4 Å². The van der Waals surface area contributed by atoms with Gasteiger partial charge in [-0.05, 0) is 48.0 Å². The number of fused-ring (bicyclic) bond motifs is 1. The summed E-state index contributed by atoms with van der Waals surface area (Å²) in [7, 11) is 0. The molecular weight excluding hydrogens is 417 g/mol. The average molecular weight is 439 g/mol. The van der Waals surface area contributed by atoms with E-state index in [4.69, 9.17) is 0 Å². The Bertz CT molecular complexity index is 1010. The van der Waals surface area contributed by atoms with Crippen LogP contribution >= 0.6 is 12.4 Å². The van der Waals surface area contributed by atoms with E-state index in [-0.39, 0.29) is 18.4 Å². The molecule has 6 nitrogen and oxygen atoms in total. The largest absolute Gasteiger partial charge is 0.416 e. The number of hydrogen-bond donors (Lipinski definition) is 2. The predicted molar refractivity (Wildman–Crippen MR) is 113 cm³/mol. The van der Waals surface area contributed by atoms with Crippen molar-refractivity contribution >= 4 is 34.8 Å². The Morgan fingerprint density at radius 1 is 1.07 bits per heavy atom. The Morgan fingerprint density at radius 3 is 2.57 bits per heavy atom. The molecule has 1 aliphatic heterocycles. The van der Waals surface area contributed by atoms with Gasteiger partial charge in [0.2, 0.25) is 0 Å². The highest BCUT2D eigenvalue weighted by Gasteiger charge is 2.30. The molecule has 160 valence electrons. The van der Waals surface area contributed by atoms with Crippen LogP contribution in [0.15, 0.2) is 42.5 Å². The normalized spacial score (nSPS) is 15.5. The lowest BCUT2D eigenvalue weighted by atomic mass is 10.0. The third-order valence-corrected chi connectivity index (χ3v) is 5.08. The third-order valence-electron chi connectivity index (χ3n) is 5.08. The first-order valence-corrected chi connectivity index (χ1v) is 9.44. The molecule has 3 aromatic rings. The van der Waals surface area contributed by atoms with Gasteiger partial charge >= 0.3 is 6.18 Å². The van der Waals surface area contributed by atoms with Gasteiger partial charge in [0.05, 0.1) is 17.1 Å². The molecule has 0 bridgehead atoms. The minimum Gasteiger partial charge on any atom is -0.369 e. The maximum Gasteiger partial charge on any atom is 0.416 e. The Balaban J connectivity index is 0.00000256. The Kier molecular flexibility index (Phi) is 6.62. The lowest BCUT2D eigenvalue weighted by Crippen LogP contribution is -2.43. The van der Waals surface area contributed by atoms with Gasteiger partial charge in [-0.1, -0.05) is 12.1 Å². The predicted octanol–water partition coefficient (Wildman–Crippen LogP) is 4.05. The summed E-state index contributed by atoms with van der Waals surface area (Å²) in [6, 6.07) is 10.8. The van der Waals surface area contributed by atoms with E-state index < -0.39 is 11.7 Å². The first-order chi connectivity index (χ1) is 13.9. The van der Waals surface area contributed by atoms with Crippen molar-refractivity contribution in [3.05, 3.63) is 53.6 Å². The third kappa shape index (κ3) is 4.73. The van der Waals surface area contributed by atoms with Crippen LogP contribution in [0, 0.1) is 0 Å². The number of piperazine rings is 1. The minimum absolute atomic E-state index is 0. The fourth-order valence-corrected chi connectivity index (χ4v) is 3.47. The standard InChI is InChI=1S/C20H21F3N6.ClH/c1-13(14-3-2-4-15(11-14)20(21,22)23)25-19-17-12-16(29-9-7-24-8-10-29)5-6-18(17)26-28-27-19;/h2-6,11-13,24H,7-10H2,1H3,(H,25,26,27);1H/t13-;/m1./s1. The maximum absolute atomic E-state index is 13.0. The van der Waals surface area contributed by atoms with Crippen LogP contribution < -0.4 is 15.5 Å². The fraction of sp³-hybridized carbons (Fsp3) is 0.350. The van der Waals surface area contributed by atoms with Crippen LogP contribution in [0.5, 0.6) is 0 Å². The second kappa shape index (κ2) is 9.01. The number of alkyl halides is 3. The monoisotopic (exact) mass is 438 g/mol. The molecule has 2 N–H and O–H groups in total. The van der Waals surface area contributed by atoms with Crippen LogP contribution in [0.4, 0.5) is 24.7 Å². The van der Waals surface area contributed by atoms with Crippen LogP contribution in [0.25, 0.3) is 10.9 Å². The summed E-state index contributed by atoms with van der Waals surface area (Å²) in [5, 5.41) is 19.3. The number of anilines is 2. The topological polar surface area (TPSA) is 66.0 Å². The maximum atomic E-state index is 13.0. The van der Waals surface area contributed by atoms with E-state index in [1.54, 1.807) is 13.0 Å². The van der Waals surface area contributed by atoms with Gasteiger partial charge in [0.1, 0.15) is 0 Å². The molecule has 30 heavy (non-hydrogen) atoms. The van der Waals surface area contributed by atoms with E-state index in [1.165, 1.54) is 6.07 Å². The lowest BCUT2D eigenvalue weighted by Gasteiger charge is -2.29. The average Bonchev–Trinajstić information content (AvgIpc) is 2.74. The van der Waals surface area contributed by atoms with Crippen molar-refractivity contribution in [1.29, 1.82) is 0 Å². The quantitative estimate of drug-likeness (QED) is 0.640. The number of nitrogens with one attached hydrogen (secondary N) is 2. The molecule has 1 aromatic heterocycles. The van der Waals surface area contributed by atoms with Crippen molar-refractivity contribution in [3.63, 3.8) is 0 Å². The van der Waals surface area contributed by atoms with E-state index in [9.17, 15) is 13.2 Å². The van der Waals surface area contributed by atoms with E-state index >= 15 is 0 Å². The molecule has 0 aliphatic carbocycles. The van der Waals surface area contributed by atoms with Gasteiger partial charge in [0.25, 0.3) is 0 Å². The van der Waals surface area contributed by atoms with Crippen LogP contribution in [0.3, 0.4) is 0 Å². The van der Waals surface area contributed by atoms with Crippen LogP contribution in [-0.2, 0) is 6.18 Å². The van der Waals surface area contributed by atoms with Gasteiger partial charge in [0.15, 0.2) is 5.82 Å². The van der Waals surface area contributed by atoms with Crippen LogP contribution in [0.1, 0.15) is 24.1 Å². The molecule has 2 aromatic carbocycles. The molecule has 1 aliphatic rings. The van der Waals surface area contributed by atoms with Gasteiger partial charge in [0, 0.05) is 37.3 Å². The van der Waals surface area contributed by atoms with Crippen molar-refractivity contribution in [2.24, 2.45) is 0 Å². The molecule has 0 unspecified atom stereocenters. The number of halogens is 4. The first-order valence-electron chi connectivity index (χ1n) is 9.44. The summed E-state index contributed by atoms with van der Waals surface area (Å²) in [5.41, 5.74) is 1.58. The number of rotatable bonds is 4. The molecule has 4 rings (SSSR count). The van der Waals surface area contributed by atoms with Gasteiger partial charge in [-0.15, -0.1) is 22.6 Å². The molecule has 10 heteroatoms. The van der Waals surface area contributed by atoms with Gasteiger partial charge in [-0.3, -0.25) is 0 Å². The lowest BCUT2D eigenvalue weighted by molar-refractivity contribution is -0.137. The van der Waals surface area contributed by atoms with Crippen molar-refractivity contribution < 1.29 is 13.2 Å². The molecule has 0 radical (unpaired) electrons. The van der Waals surface area contributed by atoms with Crippen molar-refractivity contribution in [1.82, 2.24) is 20.7 Å². The Labute approximate surface area is 178 Å². The van der Waals surface area contributed by atoms with Crippen molar-refractivity contribution in [3.8, 4) is 0 Å². The van der Waals surface area contributed by atoms with Gasteiger partial charge < -0.3 is 15.5 Å². The zero-order valence-electron chi connectivity index (χ0n) is 16.3. The highest BCUT2D eigenvalue weighted by Crippen LogP contribution is 2.32. The second-order valence-electron chi connectivity index (χ2n) is 7.07. The summed E-state index contributed by atoms with van der Waals surface area (Å²) in [4.78, 5) is 2.27. The molecule has 1 atom stereocenters. The minimum atomic E-state index is -4.38. The van der Waals surface area contributed by atoms with Crippen molar-refractivity contribution in [2.45, 2.75) is 19.1 Å². The molecule has 0 spiro atoms. The van der Waals surface area contributed by atoms with Gasteiger partial charge in [-0.25, -0.2) is 0 Å². The second-order valence-corrected chi connectivity index (χ2v) is 7.07. The molecular formula is C20H22ClF3N6. The summed E-state index contributed by atoms with van der Waals surface area (Å²) in [6.07, 6.45) is -4.38. The molecule has 1 saturated heterocycles. The van der Waals surface area contributed by atoms with E-state index in [0.717, 1.165) is 49.4 Å². The number of aromatic nitrogens is 3. The summed E-state index contributed by atoms with van der Waals surface area (Å²) < 4.78 is 39.1. The van der Waals surface area contributed by atoms with Crippen LogP contribution in [0.2, 0.25) is 0 Å². The summed E-state index contributed by atoms with van der Waals surface area (Å²) >= 11 is 0. The molecule has 2 heterocycles. The Hall–Kier alpha value is -2.65. The van der Waals surface area contributed by atoms with Gasteiger partial charge in [-0.2, -0.15) is 13.2 Å². The number of nitrogens with zero attached hydrogens (tertiary/aromatic N) is 4. The van der Waals surface area contributed by atoms with E-state index in [0.29, 0.717) is 16.9 Å². The molecule has 0 saturated carbocycles. The highest BCUT2D eigenvalue weighted by atomic mass is 35.5. The zero-order chi connectivity index (χ0) is 20.4.